The van der Waals surface area contributed by atoms with E-state index in [1.54, 1.807) is 52.8 Å². The molecule has 14 heteroatoms. The number of esters is 2. The first-order chi connectivity index (χ1) is 25.1. The smallest absolute Gasteiger partial charge is 0.407 e. The van der Waals surface area contributed by atoms with Crippen LogP contribution in [0, 0.1) is 22.7 Å². The van der Waals surface area contributed by atoms with Crippen LogP contribution in [-0.2, 0) is 28.5 Å². The molecule has 5 aliphatic rings. The van der Waals surface area contributed by atoms with Gasteiger partial charge in [0.05, 0.1) is 35.8 Å². The number of hydrogen-bond acceptors (Lipinski definition) is 13. The number of alkyl carbamates (subject to hydrolysis) is 1. The molecular weight excluding hydrogens is 702 g/mol. The number of ketones is 1. The topological polar surface area (TPSA) is 218 Å². The summed E-state index contributed by atoms with van der Waals surface area (Å²) in [6.45, 7) is 10.8. The molecule has 0 spiro atoms. The summed E-state index contributed by atoms with van der Waals surface area (Å²) in [5.41, 5.74) is -8.21. The van der Waals surface area contributed by atoms with E-state index in [4.69, 9.17) is 18.9 Å². The number of nitrogens with one attached hydrogen (secondary N) is 1. The minimum atomic E-state index is -2.28. The third-order valence-corrected chi connectivity index (χ3v) is 13.0. The Labute approximate surface area is 315 Å². The Kier molecular flexibility index (Phi) is 10.4. The number of aliphatic hydroxyl groups is 5. The van der Waals surface area contributed by atoms with Crippen molar-refractivity contribution in [3.8, 4) is 0 Å². The second kappa shape index (κ2) is 14.0. The van der Waals surface area contributed by atoms with Gasteiger partial charge < -0.3 is 49.8 Å². The van der Waals surface area contributed by atoms with Crippen LogP contribution in [0.2, 0.25) is 0 Å². The van der Waals surface area contributed by atoms with E-state index in [9.17, 15) is 44.7 Å². The standard InChI is InChI=1S/C40H55NO13/c1-20-23(52-34(47)29(44)27(21-13-11-12-14-21)41-35(48)54-36(2,3)4)18-40(50)32(53-33(46)22-15-9-8-10-16-22)30-38(7,24(42)17-25-39(30,49)19-51-25)31(45)28(43)26(20)37(40,5)6/h8-10,15-16,21,23-25,27-30,32,42-44,49-50H,11-14,17-19H2,1-7H3,(H,41,48)/t23?,24-,25+,27-,28+,29+,30-,32-,38+,39-,40+/m0/s1. The van der Waals surface area contributed by atoms with Gasteiger partial charge in [0.15, 0.2) is 11.9 Å². The number of amides is 1. The SMILES string of the molecule is CC1=C2[C@@H](O)C(=O)[C@@]3(C)[C@H]([C@H](OC(=O)c4ccccc4)[C@](O)(CC1OC(=O)[C@H](O)[C@@H](NC(=O)OC(C)(C)C)C1CCCC1)C2(C)C)[C@]1(O)CO[C@@H]1C[C@@H]3O. The molecule has 6 N–H and O–H groups in total. The molecule has 4 aliphatic carbocycles. The Morgan fingerprint density at radius 3 is 2.20 bits per heavy atom. The van der Waals surface area contributed by atoms with Crippen LogP contribution in [0.1, 0.15) is 97.3 Å². The summed E-state index contributed by atoms with van der Waals surface area (Å²) in [6, 6.07) is 6.87. The van der Waals surface area contributed by atoms with E-state index in [1.807, 2.05) is 0 Å². The molecule has 1 aromatic carbocycles. The molecule has 0 aromatic heterocycles. The molecule has 3 saturated carbocycles. The summed E-state index contributed by atoms with van der Waals surface area (Å²) in [5.74, 6) is -4.66. The van der Waals surface area contributed by atoms with Crippen LogP contribution >= 0.6 is 0 Å². The predicted molar refractivity (Wildman–Crippen MR) is 191 cm³/mol. The Balaban J connectivity index is 1.43. The van der Waals surface area contributed by atoms with Crippen molar-refractivity contribution in [3.63, 3.8) is 0 Å². The van der Waals surface area contributed by atoms with Gasteiger partial charge in [0.2, 0.25) is 0 Å². The largest absolute Gasteiger partial charge is 0.456 e. The van der Waals surface area contributed by atoms with Crippen molar-refractivity contribution >= 4 is 23.8 Å². The molecule has 298 valence electrons. The van der Waals surface area contributed by atoms with E-state index in [2.05, 4.69) is 5.32 Å². The normalized spacial score (nSPS) is 37.4. The van der Waals surface area contributed by atoms with Gasteiger partial charge in [-0.1, -0.05) is 44.9 Å². The molecule has 1 saturated heterocycles. The maximum atomic E-state index is 14.7. The zero-order chi connectivity index (χ0) is 39.8. The van der Waals surface area contributed by atoms with E-state index in [1.165, 1.54) is 26.0 Å². The van der Waals surface area contributed by atoms with Crippen molar-refractivity contribution in [2.24, 2.45) is 22.7 Å². The highest BCUT2D eigenvalue weighted by molar-refractivity contribution is 5.94. The number of fused-ring (bicyclic) bond motifs is 5. The van der Waals surface area contributed by atoms with Gasteiger partial charge in [-0.15, -0.1) is 0 Å². The van der Waals surface area contributed by atoms with Crippen LogP contribution in [0.4, 0.5) is 4.79 Å². The average molecular weight is 758 g/mol. The molecular formula is C40H55NO13. The number of hydrogen-bond donors (Lipinski definition) is 6. The van der Waals surface area contributed by atoms with Gasteiger partial charge in [-0.3, -0.25) is 4.79 Å². The third kappa shape index (κ3) is 6.46. The summed E-state index contributed by atoms with van der Waals surface area (Å²) in [5, 5.41) is 63.3. The maximum Gasteiger partial charge on any atom is 0.407 e. The zero-order valence-electron chi connectivity index (χ0n) is 32.0. The van der Waals surface area contributed by atoms with E-state index in [-0.39, 0.29) is 35.7 Å². The second-order valence-electron chi connectivity index (χ2n) is 17.7. The first-order valence-corrected chi connectivity index (χ1v) is 18.9. The molecule has 2 bridgehead atoms. The fraction of sp³-hybridized carbons (Fsp3) is 0.700. The zero-order valence-corrected chi connectivity index (χ0v) is 32.0. The summed E-state index contributed by atoms with van der Waals surface area (Å²) >= 11 is 0. The van der Waals surface area contributed by atoms with Crippen LogP contribution in [0.3, 0.4) is 0 Å². The lowest BCUT2D eigenvalue weighted by atomic mass is 9.44. The average Bonchev–Trinajstić information content (AvgIpc) is 3.63. The predicted octanol–water partition coefficient (Wildman–Crippen LogP) is 2.51. The minimum absolute atomic E-state index is 0.0145. The lowest BCUT2D eigenvalue weighted by molar-refractivity contribution is -0.343. The first kappa shape index (κ1) is 40.3. The van der Waals surface area contributed by atoms with Crippen LogP contribution in [0.15, 0.2) is 41.5 Å². The molecule has 4 fully saturated rings. The Morgan fingerprint density at radius 1 is 1.00 bits per heavy atom. The molecule has 0 radical (unpaired) electrons. The highest BCUT2D eigenvalue weighted by Gasteiger charge is 2.76. The van der Waals surface area contributed by atoms with Crippen LogP contribution < -0.4 is 5.32 Å². The number of aliphatic hydroxyl groups excluding tert-OH is 3. The van der Waals surface area contributed by atoms with Gasteiger partial charge in [-0.25, -0.2) is 14.4 Å². The van der Waals surface area contributed by atoms with E-state index in [0.29, 0.717) is 12.8 Å². The van der Waals surface area contributed by atoms with Crippen molar-refractivity contribution in [1.82, 2.24) is 5.32 Å². The highest BCUT2D eigenvalue weighted by atomic mass is 16.6. The number of benzene rings is 1. The van der Waals surface area contributed by atoms with E-state index < -0.39 is 106 Å². The monoisotopic (exact) mass is 757 g/mol. The van der Waals surface area contributed by atoms with Crippen molar-refractivity contribution in [1.29, 1.82) is 0 Å². The van der Waals surface area contributed by atoms with Crippen molar-refractivity contribution in [2.45, 2.75) is 146 Å². The van der Waals surface area contributed by atoms with Crippen LogP contribution in [-0.4, -0.2) is 115 Å². The van der Waals surface area contributed by atoms with Gasteiger partial charge in [-0.2, -0.15) is 0 Å². The Morgan fingerprint density at radius 2 is 1.63 bits per heavy atom. The molecule has 1 unspecified atom stereocenters. The van der Waals surface area contributed by atoms with Gasteiger partial charge in [-0.05, 0) is 76.7 Å². The highest BCUT2D eigenvalue weighted by Crippen LogP contribution is 2.63. The quantitative estimate of drug-likeness (QED) is 0.134. The third-order valence-electron chi connectivity index (χ3n) is 13.0. The van der Waals surface area contributed by atoms with Crippen molar-refractivity contribution in [3.05, 3.63) is 47.0 Å². The van der Waals surface area contributed by atoms with E-state index in [0.717, 1.165) is 12.8 Å². The number of carbonyl (C=O) groups excluding carboxylic acids is 4. The summed E-state index contributed by atoms with van der Waals surface area (Å²) in [7, 11) is 0. The molecule has 1 aliphatic heterocycles. The van der Waals surface area contributed by atoms with Crippen LogP contribution in [0.25, 0.3) is 0 Å². The summed E-state index contributed by atoms with van der Waals surface area (Å²) < 4.78 is 23.3. The van der Waals surface area contributed by atoms with Gasteiger partial charge in [0.25, 0.3) is 0 Å². The summed E-state index contributed by atoms with van der Waals surface area (Å²) in [6.07, 6.45) is -7.90. The molecule has 14 nitrogen and oxygen atoms in total. The van der Waals surface area contributed by atoms with Crippen molar-refractivity contribution < 1.29 is 63.7 Å². The van der Waals surface area contributed by atoms with Gasteiger partial charge >= 0.3 is 18.0 Å². The Bertz CT molecular complexity index is 1680. The molecule has 1 aromatic rings. The molecule has 6 rings (SSSR count). The number of carbonyl (C=O) groups is 4. The van der Waals surface area contributed by atoms with Crippen molar-refractivity contribution in [2.75, 3.05) is 6.61 Å². The second-order valence-corrected chi connectivity index (χ2v) is 17.7. The molecule has 1 heterocycles. The minimum Gasteiger partial charge on any atom is -0.456 e. The lowest BCUT2D eigenvalue weighted by Gasteiger charge is -2.66. The number of rotatable bonds is 7. The molecule has 1 amide bonds. The number of Topliss-reactive ketones (excluding diaryl/α,β-unsaturated/α-hetero) is 1. The van der Waals surface area contributed by atoms with Gasteiger partial charge in [0.1, 0.15) is 35.1 Å². The van der Waals surface area contributed by atoms with E-state index >= 15 is 0 Å². The number of ether oxygens (including phenoxy) is 4. The summed E-state index contributed by atoms with van der Waals surface area (Å²) in [4.78, 5) is 55.4. The fourth-order valence-corrected chi connectivity index (χ4v) is 9.95. The lowest BCUT2D eigenvalue weighted by Crippen LogP contribution is -2.81. The molecule has 11 atom stereocenters. The maximum absolute atomic E-state index is 14.7. The van der Waals surface area contributed by atoms with Gasteiger partial charge in [0, 0.05) is 24.2 Å². The first-order valence-electron chi connectivity index (χ1n) is 18.9. The van der Waals surface area contributed by atoms with Crippen LogP contribution in [0.5, 0.6) is 0 Å². The molecule has 54 heavy (non-hydrogen) atoms. The fourth-order valence-electron chi connectivity index (χ4n) is 9.95. The Hall–Kier alpha value is -3.40.